The summed E-state index contributed by atoms with van der Waals surface area (Å²) < 4.78 is 5.29. The normalized spacial score (nSPS) is 11.3. The van der Waals surface area contributed by atoms with Crippen LogP contribution in [0.2, 0.25) is 0 Å². The molecule has 4 rings (SSSR count). The van der Waals surface area contributed by atoms with Crippen LogP contribution in [0.5, 0.6) is 0 Å². The first kappa shape index (κ1) is 14.5. The molecule has 5 heteroatoms. The smallest absolute Gasteiger partial charge is 0.251 e. The lowest BCUT2D eigenvalue weighted by atomic mass is 9.97. The van der Waals surface area contributed by atoms with Gasteiger partial charge in [-0.05, 0) is 37.6 Å². The van der Waals surface area contributed by atoms with Gasteiger partial charge in [0.2, 0.25) is 0 Å². The second-order valence-corrected chi connectivity index (χ2v) is 5.90. The van der Waals surface area contributed by atoms with E-state index in [-0.39, 0.29) is 5.91 Å². The van der Waals surface area contributed by atoms with E-state index in [2.05, 4.69) is 15.5 Å². The number of aryl methyl sites for hydroxylation is 2. The van der Waals surface area contributed by atoms with Gasteiger partial charge < -0.3 is 14.8 Å². The quantitative estimate of drug-likeness (QED) is 0.587. The third-order valence-electron chi connectivity index (χ3n) is 4.40. The molecule has 2 aromatic carbocycles. The molecule has 0 radical (unpaired) electrons. The average Bonchev–Trinajstić information content (AvgIpc) is 3.12. The molecule has 24 heavy (non-hydrogen) atoms. The Morgan fingerprint density at radius 3 is 2.67 bits per heavy atom. The van der Waals surface area contributed by atoms with E-state index in [9.17, 15) is 4.79 Å². The second-order valence-electron chi connectivity index (χ2n) is 5.90. The van der Waals surface area contributed by atoms with Crippen molar-refractivity contribution in [3.63, 3.8) is 0 Å². The molecule has 0 bridgehead atoms. The number of amides is 1. The van der Waals surface area contributed by atoms with Gasteiger partial charge in [0.05, 0.1) is 5.69 Å². The van der Waals surface area contributed by atoms with Crippen molar-refractivity contribution in [2.24, 2.45) is 0 Å². The summed E-state index contributed by atoms with van der Waals surface area (Å²) in [5.41, 5.74) is 5.23. The number of hydrogen-bond donors (Lipinski definition) is 2. The molecule has 0 aliphatic carbocycles. The summed E-state index contributed by atoms with van der Waals surface area (Å²) >= 11 is 0. The van der Waals surface area contributed by atoms with Gasteiger partial charge in [0.15, 0.2) is 0 Å². The molecular weight excluding hydrogens is 302 g/mol. The van der Waals surface area contributed by atoms with Gasteiger partial charge in [0.25, 0.3) is 5.91 Å². The lowest BCUT2D eigenvalue weighted by Gasteiger charge is -2.07. The molecule has 0 saturated heterocycles. The Hall–Kier alpha value is -3.08. The van der Waals surface area contributed by atoms with Gasteiger partial charge in [-0.3, -0.25) is 4.79 Å². The van der Waals surface area contributed by atoms with Crippen LogP contribution in [-0.4, -0.2) is 23.1 Å². The van der Waals surface area contributed by atoms with Crippen LogP contribution < -0.4 is 5.32 Å². The molecule has 5 nitrogen and oxygen atoms in total. The van der Waals surface area contributed by atoms with Gasteiger partial charge in [-0.1, -0.05) is 23.4 Å². The standard InChI is InChI=1S/C19H17N3O2/c1-10-17(11(2)24-22-10)12-8-14(19(23)20-3)18-13-6-4-5-7-15(13)21-16(18)9-12/h4-9,21H,1-3H3,(H,20,23). The predicted octanol–water partition coefficient (Wildman–Crippen LogP) is 3.95. The van der Waals surface area contributed by atoms with Gasteiger partial charge in [-0.15, -0.1) is 0 Å². The summed E-state index contributed by atoms with van der Waals surface area (Å²) in [5.74, 6) is 0.629. The molecule has 0 aliphatic heterocycles. The Labute approximate surface area is 138 Å². The molecule has 120 valence electrons. The summed E-state index contributed by atoms with van der Waals surface area (Å²) in [5, 5.41) is 8.73. The van der Waals surface area contributed by atoms with Gasteiger partial charge >= 0.3 is 0 Å². The first-order valence-corrected chi connectivity index (χ1v) is 7.80. The SMILES string of the molecule is CNC(=O)c1cc(-c2c(C)noc2C)cc2[nH]c3ccccc3c12. The fourth-order valence-electron chi connectivity index (χ4n) is 3.34. The molecular formula is C19H17N3O2. The number of carbonyl (C=O) groups excluding carboxylic acids is 1. The zero-order valence-electron chi connectivity index (χ0n) is 13.7. The highest BCUT2D eigenvalue weighted by atomic mass is 16.5. The zero-order valence-corrected chi connectivity index (χ0v) is 13.7. The maximum Gasteiger partial charge on any atom is 0.251 e. The average molecular weight is 319 g/mol. The Kier molecular flexibility index (Phi) is 3.16. The topological polar surface area (TPSA) is 70.9 Å². The monoisotopic (exact) mass is 319 g/mol. The molecule has 0 atom stereocenters. The van der Waals surface area contributed by atoms with E-state index in [0.29, 0.717) is 5.56 Å². The van der Waals surface area contributed by atoms with E-state index in [1.165, 1.54) is 0 Å². The van der Waals surface area contributed by atoms with Crippen LogP contribution in [0.1, 0.15) is 21.8 Å². The van der Waals surface area contributed by atoms with Gasteiger partial charge in [-0.25, -0.2) is 0 Å². The van der Waals surface area contributed by atoms with Crippen LogP contribution in [0.15, 0.2) is 40.9 Å². The Morgan fingerprint density at radius 2 is 1.96 bits per heavy atom. The summed E-state index contributed by atoms with van der Waals surface area (Å²) in [7, 11) is 1.64. The first-order valence-electron chi connectivity index (χ1n) is 7.80. The van der Waals surface area contributed by atoms with E-state index < -0.39 is 0 Å². The largest absolute Gasteiger partial charge is 0.361 e. The Morgan fingerprint density at radius 1 is 1.17 bits per heavy atom. The van der Waals surface area contributed by atoms with Crippen LogP contribution in [0.3, 0.4) is 0 Å². The van der Waals surface area contributed by atoms with Crippen LogP contribution in [0, 0.1) is 13.8 Å². The lowest BCUT2D eigenvalue weighted by Crippen LogP contribution is -2.18. The van der Waals surface area contributed by atoms with Gasteiger partial charge in [0, 0.05) is 40.0 Å². The first-order chi connectivity index (χ1) is 11.6. The number of aromatic amines is 1. The molecule has 0 unspecified atom stereocenters. The van der Waals surface area contributed by atoms with Crippen molar-refractivity contribution >= 4 is 27.7 Å². The number of hydrogen-bond acceptors (Lipinski definition) is 3. The van der Waals surface area contributed by atoms with Gasteiger partial charge in [0.1, 0.15) is 5.76 Å². The van der Waals surface area contributed by atoms with Crippen molar-refractivity contribution < 1.29 is 9.32 Å². The molecule has 2 heterocycles. The maximum absolute atomic E-state index is 12.5. The van der Waals surface area contributed by atoms with E-state index >= 15 is 0 Å². The van der Waals surface area contributed by atoms with Crippen LogP contribution >= 0.6 is 0 Å². The fraction of sp³-hybridized carbons (Fsp3) is 0.158. The van der Waals surface area contributed by atoms with Crippen LogP contribution in [0.25, 0.3) is 32.9 Å². The number of carbonyl (C=O) groups is 1. The van der Waals surface area contributed by atoms with Crippen molar-refractivity contribution in [3.8, 4) is 11.1 Å². The fourth-order valence-corrected chi connectivity index (χ4v) is 3.34. The molecule has 2 aromatic heterocycles. The van der Waals surface area contributed by atoms with Crippen molar-refractivity contribution in [2.75, 3.05) is 7.05 Å². The molecule has 4 aromatic rings. The third-order valence-corrected chi connectivity index (χ3v) is 4.40. The van der Waals surface area contributed by atoms with E-state index in [1.807, 2.05) is 50.2 Å². The number of para-hydroxylation sites is 1. The van der Waals surface area contributed by atoms with E-state index in [0.717, 1.165) is 44.4 Å². The summed E-state index contributed by atoms with van der Waals surface area (Å²) in [6.45, 7) is 3.78. The van der Waals surface area contributed by atoms with E-state index in [4.69, 9.17) is 4.52 Å². The predicted molar refractivity (Wildman–Crippen MR) is 94.2 cm³/mol. The highest BCUT2D eigenvalue weighted by Crippen LogP contribution is 2.35. The number of nitrogens with zero attached hydrogens (tertiary/aromatic N) is 1. The molecule has 0 saturated carbocycles. The number of nitrogens with one attached hydrogen (secondary N) is 2. The summed E-state index contributed by atoms with van der Waals surface area (Å²) in [6.07, 6.45) is 0. The molecule has 1 amide bonds. The Bertz CT molecular complexity index is 1070. The third kappa shape index (κ3) is 2.01. The number of aromatic nitrogens is 2. The molecule has 0 aliphatic rings. The summed E-state index contributed by atoms with van der Waals surface area (Å²) in [6, 6.07) is 12.0. The molecule has 0 spiro atoms. The van der Waals surface area contributed by atoms with Crippen molar-refractivity contribution in [1.29, 1.82) is 0 Å². The number of fused-ring (bicyclic) bond motifs is 3. The highest BCUT2D eigenvalue weighted by molar-refractivity contribution is 6.18. The minimum Gasteiger partial charge on any atom is -0.361 e. The second kappa shape index (κ2) is 5.23. The molecule has 2 N–H and O–H groups in total. The highest BCUT2D eigenvalue weighted by Gasteiger charge is 2.19. The Balaban J connectivity index is 2.12. The van der Waals surface area contributed by atoms with E-state index in [1.54, 1.807) is 7.05 Å². The zero-order chi connectivity index (χ0) is 16.8. The minimum absolute atomic E-state index is 0.113. The number of benzene rings is 2. The maximum atomic E-state index is 12.5. The summed E-state index contributed by atoms with van der Waals surface area (Å²) in [4.78, 5) is 15.9. The number of rotatable bonds is 2. The molecule has 0 fully saturated rings. The lowest BCUT2D eigenvalue weighted by molar-refractivity contribution is 0.0965. The van der Waals surface area contributed by atoms with Crippen molar-refractivity contribution in [2.45, 2.75) is 13.8 Å². The minimum atomic E-state index is -0.113. The van der Waals surface area contributed by atoms with Gasteiger partial charge in [-0.2, -0.15) is 0 Å². The number of H-pyrrole nitrogens is 1. The van der Waals surface area contributed by atoms with Crippen LogP contribution in [0.4, 0.5) is 0 Å². The van der Waals surface area contributed by atoms with Crippen LogP contribution in [-0.2, 0) is 0 Å². The van der Waals surface area contributed by atoms with Crippen molar-refractivity contribution in [3.05, 3.63) is 53.4 Å². The van der Waals surface area contributed by atoms with Crippen molar-refractivity contribution in [1.82, 2.24) is 15.5 Å².